The van der Waals surface area contributed by atoms with E-state index in [9.17, 15) is 58.1 Å². The zero-order valence-corrected chi connectivity index (χ0v) is 38.1. The third-order valence-electron chi connectivity index (χ3n) is 10.4. The molecule has 4 heterocycles. The van der Waals surface area contributed by atoms with E-state index in [2.05, 4.69) is 55.1 Å². The van der Waals surface area contributed by atoms with E-state index < -0.39 is 60.4 Å². The van der Waals surface area contributed by atoms with Crippen molar-refractivity contribution < 1.29 is 80.1 Å². The quantitative estimate of drug-likeness (QED) is 0.0352. The summed E-state index contributed by atoms with van der Waals surface area (Å²) in [7, 11) is -15.5. The number of carbonyl (C=O) groups is 2. The molecular formula is C42H37N6O18P3. The van der Waals surface area contributed by atoms with Crippen LogP contribution in [-0.2, 0) is 42.6 Å². The van der Waals surface area contributed by atoms with Crippen molar-refractivity contribution in [3.63, 3.8) is 0 Å². The van der Waals surface area contributed by atoms with Crippen molar-refractivity contribution in [1.82, 2.24) is 24.8 Å². The molecule has 1 saturated heterocycles. The summed E-state index contributed by atoms with van der Waals surface area (Å²) in [6, 6.07) is 19.8. The zero-order chi connectivity index (χ0) is 49.3. The zero-order valence-electron chi connectivity index (χ0n) is 35.4. The van der Waals surface area contributed by atoms with Crippen molar-refractivity contribution in [2.24, 2.45) is 0 Å². The molecule has 24 nitrogen and oxygen atoms in total. The number of fused-ring (bicyclic) bond motifs is 3. The fourth-order valence-electron chi connectivity index (χ4n) is 7.22. The van der Waals surface area contributed by atoms with E-state index in [-0.39, 0.29) is 52.2 Å². The summed E-state index contributed by atoms with van der Waals surface area (Å²) >= 11 is 0. The summed E-state index contributed by atoms with van der Waals surface area (Å²) in [5.74, 6) is 4.54. The minimum absolute atomic E-state index is 0.0484. The number of imidazole rings is 1. The first-order valence-electron chi connectivity index (χ1n) is 20.1. The number of carboxylic acids is 1. The average Bonchev–Trinajstić information content (AvgIpc) is 3.90. The van der Waals surface area contributed by atoms with Gasteiger partial charge in [0.05, 0.1) is 31.1 Å². The summed E-state index contributed by atoms with van der Waals surface area (Å²) in [5.41, 5.74) is 3.05. The van der Waals surface area contributed by atoms with E-state index in [0.29, 0.717) is 52.7 Å². The molecule has 2 aromatic heterocycles. The topological polar surface area (TPSA) is 351 Å². The van der Waals surface area contributed by atoms with Gasteiger partial charge in [-0.15, -0.1) is 0 Å². The molecule has 0 saturated carbocycles. The largest absolute Gasteiger partial charge is 0.508 e. The second-order valence-corrected chi connectivity index (χ2v) is 19.7. The Morgan fingerprint density at radius 1 is 0.913 bits per heavy atom. The number of anilines is 1. The van der Waals surface area contributed by atoms with Gasteiger partial charge in [0.15, 0.2) is 22.4 Å². The fourth-order valence-corrected chi connectivity index (χ4v) is 10.5. The summed E-state index contributed by atoms with van der Waals surface area (Å²) in [4.78, 5) is 79.6. The highest BCUT2D eigenvalue weighted by Gasteiger charge is 2.43. The predicted octanol–water partition coefficient (Wildman–Crippen LogP) is 5.15. The lowest BCUT2D eigenvalue weighted by molar-refractivity contribution is -0.0423. The van der Waals surface area contributed by atoms with Crippen LogP contribution < -0.4 is 16.1 Å². The van der Waals surface area contributed by atoms with Crippen LogP contribution in [0.2, 0.25) is 0 Å². The predicted molar refractivity (Wildman–Crippen MR) is 241 cm³/mol. The molecule has 8 rings (SSSR count). The summed E-state index contributed by atoms with van der Waals surface area (Å²) < 4.78 is 65.3. The van der Waals surface area contributed by atoms with Gasteiger partial charge < -0.3 is 49.8 Å². The highest BCUT2D eigenvalue weighted by molar-refractivity contribution is 7.66. The molecule has 5 aromatic rings. The monoisotopic (exact) mass is 1010 g/mol. The Bertz CT molecular complexity index is 3370. The number of carbonyl (C=O) groups excluding carboxylic acids is 1. The number of phosphoric acid groups is 3. The van der Waals surface area contributed by atoms with E-state index in [4.69, 9.17) is 9.15 Å². The number of nitrogens with zero attached hydrogens (tertiary/aromatic N) is 4. The number of phenolic OH excluding ortho intramolecular Hbond substituents is 1. The normalized spacial score (nSPS) is 18.5. The van der Waals surface area contributed by atoms with Crippen molar-refractivity contribution in [2.75, 3.05) is 25.6 Å². The summed E-state index contributed by atoms with van der Waals surface area (Å²) in [6.45, 7) is -0.570. The molecule has 1 aliphatic carbocycles. The smallest absolute Gasteiger partial charge is 0.490 e. The number of rotatable bonds is 16. The van der Waals surface area contributed by atoms with Crippen LogP contribution in [0.15, 0.2) is 101 Å². The van der Waals surface area contributed by atoms with E-state index >= 15 is 0 Å². The van der Waals surface area contributed by atoms with Crippen molar-refractivity contribution in [1.29, 1.82) is 0 Å². The number of aromatic nitrogens is 4. The molecule has 6 atom stereocenters. The second-order valence-electron chi connectivity index (χ2n) is 14.9. The number of amides is 1. The van der Waals surface area contributed by atoms with Crippen molar-refractivity contribution >= 4 is 63.3 Å². The number of aromatic hydroxyl groups is 1. The molecule has 1 fully saturated rings. The van der Waals surface area contributed by atoms with E-state index in [0.717, 1.165) is 5.56 Å². The maximum atomic E-state index is 13.4. The second kappa shape index (κ2) is 19.7. The van der Waals surface area contributed by atoms with Gasteiger partial charge in [-0.05, 0) is 65.7 Å². The SMILES string of the molecule is COP(=O)(O)OP(=O)(O)OP(=O)(O)OC[C@H]1O[C@@H](n2cnc3c(NCc4ccc(C#CCNC(=O)c5ccc(C(=O)O)c(-c6c7ccc(=O)cc-7oc7cc(O)ccc67)c5)cc4)ncnc32)CC1O. The molecular weight excluding hydrogens is 969 g/mol. The number of aliphatic hydroxyl groups excluding tert-OH is 1. The number of hydrogen-bond acceptors (Lipinski definition) is 18. The summed E-state index contributed by atoms with van der Waals surface area (Å²) in [6.07, 6.45) is -0.807. The number of aromatic carboxylic acids is 1. The van der Waals surface area contributed by atoms with E-state index in [1.165, 1.54) is 65.8 Å². The van der Waals surface area contributed by atoms with Crippen LogP contribution in [0.3, 0.4) is 0 Å². The Labute approximate surface area is 388 Å². The number of phosphoric ester groups is 2. The number of benzene rings is 4. The molecule has 0 bridgehead atoms. The van der Waals surface area contributed by atoms with Crippen molar-refractivity contribution in [2.45, 2.75) is 31.4 Å². The standard InChI is InChI=1S/C42H37N6O18P3/c1-61-67(55,56)65-69(59,60)66-68(57,58)62-20-35-32(51)18-36(64-35)48-22-47-38-39(45-21-46-40(38)48)44-19-24-6-4-23(5-7-24)3-2-14-43-41(52)25-8-11-28(42(53)54)31(15-25)37-29-12-9-26(49)16-33(29)63-34-17-27(50)10-13-30(34)37/h4-13,15-17,21-22,32,35-36,49,51H,14,18-20H2,1H3,(H,43,52)(H,53,54)(H,55,56)(H,57,58)(H,59,60)(H,44,45,46)/t32?,35-,36-/m1/s1. The maximum absolute atomic E-state index is 13.4. The third kappa shape index (κ3) is 11.3. The van der Waals surface area contributed by atoms with Crippen LogP contribution in [0.5, 0.6) is 5.75 Å². The maximum Gasteiger partial charge on any atom is 0.490 e. The van der Waals surface area contributed by atoms with E-state index in [1.54, 1.807) is 18.2 Å². The van der Waals surface area contributed by atoms with Gasteiger partial charge in [-0.25, -0.2) is 33.4 Å². The Kier molecular flexibility index (Phi) is 14.0. The van der Waals surface area contributed by atoms with Gasteiger partial charge in [-0.3, -0.25) is 23.2 Å². The van der Waals surface area contributed by atoms with Crippen LogP contribution >= 0.6 is 23.5 Å². The molecule has 3 aliphatic rings. The van der Waals surface area contributed by atoms with Gasteiger partial charge in [-0.1, -0.05) is 24.0 Å². The van der Waals surface area contributed by atoms with Gasteiger partial charge in [0, 0.05) is 59.8 Å². The number of phenols is 1. The lowest BCUT2D eigenvalue weighted by atomic mass is 9.89. The average molecular weight is 1010 g/mol. The Balaban J connectivity index is 0.873. The van der Waals surface area contributed by atoms with Crippen LogP contribution in [0.4, 0.5) is 5.82 Å². The van der Waals surface area contributed by atoms with Crippen LogP contribution in [0.25, 0.3) is 44.6 Å². The lowest BCUT2D eigenvalue weighted by Crippen LogP contribution is -2.26. The Morgan fingerprint density at radius 3 is 2.43 bits per heavy atom. The Hall–Kier alpha value is -6.67. The number of aliphatic hydroxyl groups is 1. The molecule has 2 aliphatic heterocycles. The van der Waals surface area contributed by atoms with Gasteiger partial charge in [0.2, 0.25) is 0 Å². The van der Waals surface area contributed by atoms with Crippen LogP contribution in [0, 0.1) is 11.8 Å². The summed E-state index contributed by atoms with van der Waals surface area (Å²) in [5, 5.41) is 37.2. The van der Waals surface area contributed by atoms with E-state index in [1.807, 2.05) is 12.1 Å². The lowest BCUT2D eigenvalue weighted by Gasteiger charge is -2.20. The molecule has 4 unspecified atom stereocenters. The molecule has 27 heteroatoms. The van der Waals surface area contributed by atoms with Crippen LogP contribution in [-0.4, -0.2) is 93.9 Å². The molecule has 0 radical (unpaired) electrons. The fraction of sp³-hybridized carbons (Fsp3) is 0.190. The third-order valence-corrected chi connectivity index (χ3v) is 14.6. The molecule has 1 amide bonds. The highest BCUT2D eigenvalue weighted by Crippen LogP contribution is 2.67. The van der Waals surface area contributed by atoms with Crippen molar-refractivity contribution in [3.05, 3.63) is 124 Å². The molecule has 3 aromatic carbocycles. The molecule has 0 spiro atoms. The first kappa shape index (κ1) is 48.8. The number of hydrogen-bond donors (Lipinski definition) is 8. The highest BCUT2D eigenvalue weighted by atomic mass is 31.3. The Morgan fingerprint density at radius 2 is 1.68 bits per heavy atom. The number of ether oxygens (including phenoxy) is 1. The van der Waals surface area contributed by atoms with Crippen LogP contribution in [0.1, 0.15) is 44.5 Å². The van der Waals surface area contributed by atoms with Crippen molar-refractivity contribution in [3.8, 4) is 40.0 Å². The molecule has 358 valence electrons. The first-order chi connectivity index (χ1) is 32.8. The number of nitrogens with one attached hydrogen (secondary N) is 2. The minimum atomic E-state index is -5.63. The van der Waals surface area contributed by atoms with Gasteiger partial charge >= 0.3 is 29.4 Å². The van der Waals surface area contributed by atoms with Gasteiger partial charge in [0.1, 0.15) is 35.8 Å². The minimum Gasteiger partial charge on any atom is -0.508 e. The molecule has 69 heavy (non-hydrogen) atoms. The first-order valence-corrected chi connectivity index (χ1v) is 24.6. The number of carboxylic acid groups (broad SMARTS) is 1. The van der Waals surface area contributed by atoms with Gasteiger partial charge in [-0.2, -0.15) is 8.62 Å². The molecule has 8 N–H and O–H groups in total. The van der Waals surface area contributed by atoms with Gasteiger partial charge in [0.25, 0.3) is 5.91 Å².